The van der Waals surface area contributed by atoms with Crippen molar-refractivity contribution in [3.05, 3.63) is 46.7 Å². The number of pyridine rings is 2. The molecule has 0 saturated carbocycles. The standard InChI is InChI=1S/C18H17ClN6O4S2/c19-11-1-2-12(21-9-11)10-29-18-24-23-17(30-18)14-4-3-13(15(20)26)16(22-14)25-5-7-31(27,28)8-6-25/h1-4,9H,5-8,10H2,(H2,20,26). The first-order chi connectivity index (χ1) is 14.8. The Morgan fingerprint density at radius 1 is 1.19 bits per heavy atom. The molecule has 2 N–H and O–H groups in total. The minimum Gasteiger partial charge on any atom is -0.462 e. The van der Waals surface area contributed by atoms with Crippen LogP contribution < -0.4 is 15.4 Å². The van der Waals surface area contributed by atoms with Gasteiger partial charge in [-0.05, 0) is 24.3 Å². The van der Waals surface area contributed by atoms with Gasteiger partial charge in [0, 0.05) is 19.3 Å². The molecule has 4 rings (SSSR count). The molecule has 162 valence electrons. The van der Waals surface area contributed by atoms with E-state index in [1.165, 1.54) is 17.5 Å². The Morgan fingerprint density at radius 3 is 2.65 bits per heavy atom. The van der Waals surface area contributed by atoms with Crippen LogP contribution in [0.4, 0.5) is 5.82 Å². The summed E-state index contributed by atoms with van der Waals surface area (Å²) in [4.78, 5) is 22.3. The van der Waals surface area contributed by atoms with Crippen LogP contribution >= 0.6 is 22.9 Å². The van der Waals surface area contributed by atoms with Gasteiger partial charge in [0.15, 0.2) is 14.8 Å². The zero-order valence-electron chi connectivity index (χ0n) is 16.1. The molecule has 0 spiro atoms. The van der Waals surface area contributed by atoms with E-state index < -0.39 is 15.7 Å². The highest BCUT2D eigenvalue weighted by molar-refractivity contribution is 7.91. The predicted octanol–water partition coefficient (Wildman–Crippen LogP) is 1.56. The van der Waals surface area contributed by atoms with Crippen LogP contribution in [0.1, 0.15) is 16.1 Å². The second-order valence-corrected chi connectivity index (χ2v) is 10.4. The number of hydrogen-bond donors (Lipinski definition) is 1. The minimum atomic E-state index is -3.08. The van der Waals surface area contributed by atoms with Crippen molar-refractivity contribution in [3.63, 3.8) is 0 Å². The lowest BCUT2D eigenvalue weighted by Gasteiger charge is -2.29. The SMILES string of the molecule is NC(=O)c1ccc(-c2nnc(OCc3ccc(Cl)cn3)s2)nc1N1CCS(=O)(=O)CC1. The molecule has 13 heteroatoms. The molecule has 1 saturated heterocycles. The van der Waals surface area contributed by atoms with Crippen LogP contribution in [0.3, 0.4) is 0 Å². The molecular weight excluding hydrogens is 464 g/mol. The fraction of sp³-hybridized carbons (Fsp3) is 0.278. The van der Waals surface area contributed by atoms with Gasteiger partial charge in [0.1, 0.15) is 18.1 Å². The van der Waals surface area contributed by atoms with Crippen molar-refractivity contribution < 1.29 is 17.9 Å². The fourth-order valence-corrected chi connectivity index (χ4v) is 4.90. The number of amides is 1. The predicted molar refractivity (Wildman–Crippen MR) is 116 cm³/mol. The summed E-state index contributed by atoms with van der Waals surface area (Å²) in [6, 6.07) is 6.65. The summed E-state index contributed by atoms with van der Waals surface area (Å²) in [6.07, 6.45) is 1.53. The summed E-state index contributed by atoms with van der Waals surface area (Å²) in [7, 11) is -3.08. The third-order valence-electron chi connectivity index (χ3n) is 4.54. The summed E-state index contributed by atoms with van der Waals surface area (Å²) in [5, 5.41) is 9.47. The summed E-state index contributed by atoms with van der Waals surface area (Å²) < 4.78 is 29.1. The maximum Gasteiger partial charge on any atom is 0.294 e. The number of carbonyl (C=O) groups excluding carboxylic acids is 1. The minimum absolute atomic E-state index is 0.00730. The van der Waals surface area contributed by atoms with Crippen LogP contribution in [0.15, 0.2) is 30.5 Å². The Kier molecular flexibility index (Phi) is 6.03. The number of rotatable bonds is 6. The molecule has 1 fully saturated rings. The molecule has 31 heavy (non-hydrogen) atoms. The maximum absolute atomic E-state index is 11.9. The number of sulfone groups is 1. The number of aromatic nitrogens is 4. The molecule has 1 aliphatic heterocycles. The molecule has 3 aromatic rings. The molecule has 0 aliphatic carbocycles. The van der Waals surface area contributed by atoms with Gasteiger partial charge in [-0.15, -0.1) is 5.10 Å². The first-order valence-electron chi connectivity index (χ1n) is 9.14. The lowest BCUT2D eigenvalue weighted by molar-refractivity contribution is 0.100. The van der Waals surface area contributed by atoms with Crippen LogP contribution in [-0.2, 0) is 16.4 Å². The van der Waals surface area contributed by atoms with Gasteiger partial charge in [0.25, 0.3) is 11.1 Å². The van der Waals surface area contributed by atoms with Gasteiger partial charge in [-0.1, -0.05) is 28.0 Å². The topological polar surface area (TPSA) is 141 Å². The molecule has 3 aromatic heterocycles. The van der Waals surface area contributed by atoms with Gasteiger partial charge in [-0.25, -0.2) is 13.4 Å². The van der Waals surface area contributed by atoms with Gasteiger partial charge >= 0.3 is 0 Å². The van der Waals surface area contributed by atoms with Gasteiger partial charge in [0.05, 0.1) is 27.8 Å². The van der Waals surface area contributed by atoms with Crippen molar-refractivity contribution in [2.75, 3.05) is 29.5 Å². The number of ether oxygens (including phenoxy) is 1. The van der Waals surface area contributed by atoms with Crippen LogP contribution in [0.2, 0.25) is 5.02 Å². The number of nitrogens with two attached hydrogens (primary N) is 1. The van der Waals surface area contributed by atoms with Gasteiger partial charge < -0.3 is 15.4 Å². The van der Waals surface area contributed by atoms with E-state index in [0.29, 0.717) is 32.4 Å². The number of halogens is 1. The number of anilines is 1. The highest BCUT2D eigenvalue weighted by Gasteiger charge is 2.26. The van der Waals surface area contributed by atoms with Crippen LogP contribution in [0.5, 0.6) is 5.19 Å². The average molecular weight is 481 g/mol. The third kappa shape index (κ3) is 5.09. The van der Waals surface area contributed by atoms with Crippen molar-refractivity contribution in [2.45, 2.75) is 6.61 Å². The van der Waals surface area contributed by atoms with Crippen LogP contribution in [0.25, 0.3) is 10.7 Å². The van der Waals surface area contributed by atoms with E-state index in [1.807, 2.05) is 0 Å². The van der Waals surface area contributed by atoms with E-state index >= 15 is 0 Å². The molecule has 10 nitrogen and oxygen atoms in total. The number of hydrogen-bond acceptors (Lipinski definition) is 10. The monoisotopic (exact) mass is 480 g/mol. The Bertz CT molecular complexity index is 1200. The Labute approximate surface area is 187 Å². The summed E-state index contributed by atoms with van der Waals surface area (Å²) in [5.41, 5.74) is 6.87. The van der Waals surface area contributed by atoms with Gasteiger partial charge in [0.2, 0.25) is 0 Å². The molecular formula is C18H17ClN6O4S2. The average Bonchev–Trinajstić information content (AvgIpc) is 3.22. The molecule has 4 heterocycles. The number of nitrogens with zero attached hydrogens (tertiary/aromatic N) is 5. The highest BCUT2D eigenvalue weighted by Crippen LogP contribution is 2.30. The van der Waals surface area contributed by atoms with E-state index in [1.54, 1.807) is 29.2 Å². The number of primary amides is 1. The zero-order valence-corrected chi connectivity index (χ0v) is 18.5. The first kappa shape index (κ1) is 21.4. The Morgan fingerprint density at radius 2 is 1.97 bits per heavy atom. The van der Waals surface area contributed by atoms with Crippen molar-refractivity contribution in [1.29, 1.82) is 0 Å². The zero-order chi connectivity index (χ0) is 22.0. The molecule has 0 atom stereocenters. The summed E-state index contributed by atoms with van der Waals surface area (Å²) >= 11 is 7.01. The van der Waals surface area contributed by atoms with E-state index in [2.05, 4.69) is 20.2 Å². The largest absolute Gasteiger partial charge is 0.462 e. The smallest absolute Gasteiger partial charge is 0.294 e. The summed E-state index contributed by atoms with van der Waals surface area (Å²) in [6.45, 7) is 0.669. The second-order valence-electron chi connectivity index (χ2n) is 6.70. The first-order valence-corrected chi connectivity index (χ1v) is 12.2. The van der Waals surface area contributed by atoms with Crippen LogP contribution in [0, 0.1) is 0 Å². The van der Waals surface area contributed by atoms with Crippen molar-refractivity contribution >= 4 is 44.5 Å². The molecule has 0 unspecified atom stereocenters. The number of carbonyl (C=O) groups is 1. The van der Waals surface area contributed by atoms with Crippen molar-refractivity contribution in [1.82, 2.24) is 20.2 Å². The second kappa shape index (κ2) is 8.73. The van der Waals surface area contributed by atoms with E-state index in [-0.39, 0.29) is 36.8 Å². The lowest BCUT2D eigenvalue weighted by Crippen LogP contribution is -2.41. The molecule has 1 amide bonds. The normalized spacial score (nSPS) is 15.6. The van der Waals surface area contributed by atoms with Gasteiger partial charge in [-0.2, -0.15) is 0 Å². The van der Waals surface area contributed by atoms with Crippen molar-refractivity contribution in [2.24, 2.45) is 5.73 Å². The Balaban J connectivity index is 1.54. The Hall–Kier alpha value is -2.83. The van der Waals surface area contributed by atoms with E-state index in [0.717, 1.165) is 0 Å². The molecule has 1 aliphatic rings. The maximum atomic E-state index is 11.9. The quantitative estimate of drug-likeness (QED) is 0.556. The highest BCUT2D eigenvalue weighted by atomic mass is 35.5. The van der Waals surface area contributed by atoms with E-state index in [9.17, 15) is 13.2 Å². The third-order valence-corrected chi connectivity index (χ3v) is 7.23. The molecule has 0 aromatic carbocycles. The van der Waals surface area contributed by atoms with Gasteiger partial charge in [-0.3, -0.25) is 9.78 Å². The lowest BCUT2D eigenvalue weighted by atomic mass is 10.2. The van der Waals surface area contributed by atoms with Crippen molar-refractivity contribution in [3.8, 4) is 15.9 Å². The fourth-order valence-electron chi connectivity index (χ4n) is 2.92. The van der Waals surface area contributed by atoms with E-state index in [4.69, 9.17) is 22.1 Å². The summed E-state index contributed by atoms with van der Waals surface area (Å²) in [5.74, 6) is -0.318. The molecule has 0 radical (unpaired) electrons. The molecule has 0 bridgehead atoms. The van der Waals surface area contributed by atoms with Crippen LogP contribution in [-0.4, -0.2) is 59.1 Å².